The molecule has 1 amide bonds. The summed E-state index contributed by atoms with van der Waals surface area (Å²) in [5.41, 5.74) is 2.62. The molecule has 2 aromatic carbocycles. The van der Waals surface area contributed by atoms with Gasteiger partial charge in [-0.1, -0.05) is 37.6 Å². The molecule has 41 heavy (non-hydrogen) atoms. The quantitative estimate of drug-likeness (QED) is 0.319. The van der Waals surface area contributed by atoms with Gasteiger partial charge >= 0.3 is 6.09 Å². The first-order valence-electron chi connectivity index (χ1n) is 13.4. The minimum atomic E-state index is -0.849. The van der Waals surface area contributed by atoms with Gasteiger partial charge in [0.2, 0.25) is 5.95 Å². The summed E-state index contributed by atoms with van der Waals surface area (Å²) < 4.78 is 11.6. The molecule has 0 unspecified atom stereocenters. The molecule has 0 aliphatic carbocycles. The van der Waals surface area contributed by atoms with Crippen LogP contribution in [-0.4, -0.2) is 64.7 Å². The Morgan fingerprint density at radius 2 is 1.80 bits per heavy atom. The Morgan fingerprint density at radius 3 is 2.44 bits per heavy atom. The third kappa shape index (κ3) is 6.14. The Labute approximate surface area is 249 Å². The standard InChI is InChI=1S/C30H31Cl2N5O4/c1-30(2,23-11-19(13-33)27(26(32)12-23)40-10-8-31)22-3-5-25(6-4-22)41-18-24-7-9-34-28(35-24)36-14-20-16-37(29(38)39)17-21(20)15-36/h3-7,9,11-12,20-21H,8,10,14-18H2,1-2H3,(H,38,39)/t20-,21+. The van der Waals surface area contributed by atoms with Gasteiger partial charge in [-0.3, -0.25) is 0 Å². The molecule has 0 saturated carbocycles. The van der Waals surface area contributed by atoms with E-state index in [1.807, 2.05) is 42.5 Å². The van der Waals surface area contributed by atoms with Crippen LogP contribution in [0.25, 0.3) is 0 Å². The predicted molar refractivity (Wildman–Crippen MR) is 156 cm³/mol. The number of halogens is 2. The number of carboxylic acid groups (broad SMARTS) is 1. The van der Waals surface area contributed by atoms with Crippen molar-refractivity contribution in [3.8, 4) is 17.6 Å². The fourth-order valence-corrected chi connectivity index (χ4v) is 5.90. The predicted octanol–water partition coefficient (Wildman–Crippen LogP) is 5.57. The lowest BCUT2D eigenvalue weighted by atomic mass is 9.77. The second kappa shape index (κ2) is 12.0. The SMILES string of the molecule is CC(C)(c1ccc(OCc2ccnc(N3C[C@H]4CN(C(=O)O)C[C@H]4C3)n2)cc1)c1cc(Cl)c(OCCCl)c(C#N)c1. The van der Waals surface area contributed by atoms with E-state index in [-0.39, 0.29) is 13.2 Å². The van der Waals surface area contributed by atoms with Gasteiger partial charge in [-0.15, -0.1) is 11.6 Å². The van der Waals surface area contributed by atoms with Gasteiger partial charge in [0.15, 0.2) is 5.75 Å². The van der Waals surface area contributed by atoms with Gasteiger partial charge in [-0.2, -0.15) is 5.26 Å². The first-order valence-corrected chi connectivity index (χ1v) is 14.3. The Kier molecular flexibility index (Phi) is 8.43. The topological polar surface area (TPSA) is 112 Å². The molecule has 5 rings (SSSR count). The minimum absolute atomic E-state index is 0.267. The molecule has 0 bridgehead atoms. The van der Waals surface area contributed by atoms with E-state index in [1.165, 1.54) is 4.90 Å². The van der Waals surface area contributed by atoms with Crippen LogP contribution in [0.5, 0.6) is 11.5 Å². The summed E-state index contributed by atoms with van der Waals surface area (Å²) in [6.45, 7) is 7.33. The number of benzene rings is 2. The van der Waals surface area contributed by atoms with E-state index in [9.17, 15) is 15.2 Å². The number of hydrogen-bond donors (Lipinski definition) is 1. The molecule has 2 aliphatic rings. The van der Waals surface area contributed by atoms with Crippen molar-refractivity contribution in [2.24, 2.45) is 11.8 Å². The monoisotopic (exact) mass is 595 g/mol. The number of nitrogens with zero attached hydrogens (tertiary/aromatic N) is 5. The van der Waals surface area contributed by atoms with E-state index in [4.69, 9.17) is 37.7 Å². The smallest absolute Gasteiger partial charge is 0.407 e. The number of nitriles is 1. The van der Waals surface area contributed by atoms with Crippen LogP contribution < -0.4 is 14.4 Å². The third-order valence-corrected chi connectivity index (χ3v) is 8.35. The summed E-state index contributed by atoms with van der Waals surface area (Å²) >= 11 is 12.2. The van der Waals surface area contributed by atoms with Gasteiger partial charge in [0.05, 0.1) is 22.2 Å². The van der Waals surface area contributed by atoms with E-state index >= 15 is 0 Å². The van der Waals surface area contributed by atoms with E-state index in [2.05, 4.69) is 29.8 Å². The van der Waals surface area contributed by atoms with Crippen molar-refractivity contribution < 1.29 is 19.4 Å². The summed E-state index contributed by atoms with van der Waals surface area (Å²) in [6, 6.07) is 15.5. The number of rotatable bonds is 9. The largest absolute Gasteiger partial charge is 0.489 e. The fourth-order valence-electron chi connectivity index (χ4n) is 5.55. The van der Waals surface area contributed by atoms with Crippen LogP contribution in [-0.2, 0) is 12.0 Å². The number of ether oxygens (including phenoxy) is 2. The van der Waals surface area contributed by atoms with Crippen molar-refractivity contribution in [2.45, 2.75) is 25.9 Å². The van der Waals surface area contributed by atoms with Crippen LogP contribution in [0, 0.1) is 23.2 Å². The maximum absolute atomic E-state index is 11.3. The molecule has 11 heteroatoms. The number of likely N-dealkylation sites (tertiary alicyclic amines) is 1. The van der Waals surface area contributed by atoms with Crippen LogP contribution >= 0.6 is 23.2 Å². The summed E-state index contributed by atoms with van der Waals surface area (Å²) in [5, 5.41) is 19.3. The first-order chi connectivity index (χ1) is 19.7. The summed E-state index contributed by atoms with van der Waals surface area (Å²) in [4.78, 5) is 24.1. The molecule has 2 fully saturated rings. The molecule has 2 atom stereocenters. The number of amides is 1. The lowest BCUT2D eigenvalue weighted by molar-refractivity contribution is 0.153. The Balaban J connectivity index is 1.22. The number of hydrogen-bond acceptors (Lipinski definition) is 7. The van der Waals surface area contributed by atoms with Crippen LogP contribution in [0.4, 0.5) is 10.7 Å². The Morgan fingerprint density at radius 1 is 1.10 bits per heavy atom. The summed E-state index contributed by atoms with van der Waals surface area (Å²) in [6.07, 6.45) is 0.884. The van der Waals surface area contributed by atoms with Gasteiger partial charge in [-0.25, -0.2) is 14.8 Å². The van der Waals surface area contributed by atoms with Gasteiger partial charge in [0.25, 0.3) is 0 Å². The molecular weight excluding hydrogens is 565 g/mol. The highest BCUT2D eigenvalue weighted by molar-refractivity contribution is 6.32. The zero-order valence-electron chi connectivity index (χ0n) is 22.9. The average molecular weight is 597 g/mol. The Hall–Kier alpha value is -3.74. The second-order valence-electron chi connectivity index (χ2n) is 10.9. The maximum atomic E-state index is 11.3. The number of fused-ring (bicyclic) bond motifs is 1. The molecule has 2 aliphatic heterocycles. The van der Waals surface area contributed by atoms with Gasteiger partial charge < -0.3 is 24.4 Å². The second-order valence-corrected chi connectivity index (χ2v) is 11.7. The number of carbonyl (C=O) groups is 1. The molecule has 1 aromatic heterocycles. The minimum Gasteiger partial charge on any atom is -0.489 e. The van der Waals surface area contributed by atoms with Crippen molar-refractivity contribution in [1.82, 2.24) is 14.9 Å². The van der Waals surface area contributed by atoms with Crippen LogP contribution in [0.15, 0.2) is 48.7 Å². The first kappa shape index (κ1) is 28.8. The van der Waals surface area contributed by atoms with Crippen molar-refractivity contribution >= 4 is 35.2 Å². The maximum Gasteiger partial charge on any atom is 0.407 e. The third-order valence-electron chi connectivity index (χ3n) is 7.91. The molecule has 3 heterocycles. The van der Waals surface area contributed by atoms with Gasteiger partial charge in [0, 0.05) is 49.6 Å². The normalized spacial score (nSPS) is 18.2. The van der Waals surface area contributed by atoms with E-state index < -0.39 is 11.5 Å². The zero-order valence-corrected chi connectivity index (χ0v) is 24.4. The van der Waals surface area contributed by atoms with Gasteiger partial charge in [0.1, 0.15) is 25.0 Å². The molecule has 0 radical (unpaired) electrons. The van der Waals surface area contributed by atoms with E-state index in [0.717, 1.165) is 29.9 Å². The fraction of sp³-hybridized carbons (Fsp3) is 0.400. The summed E-state index contributed by atoms with van der Waals surface area (Å²) in [5.74, 6) is 2.62. The number of anilines is 1. The van der Waals surface area contributed by atoms with Crippen molar-refractivity contribution in [3.05, 3.63) is 76.1 Å². The molecule has 1 N–H and O–H groups in total. The highest BCUT2D eigenvalue weighted by atomic mass is 35.5. The summed E-state index contributed by atoms with van der Waals surface area (Å²) in [7, 11) is 0. The lowest BCUT2D eigenvalue weighted by Crippen LogP contribution is -2.32. The van der Waals surface area contributed by atoms with Crippen LogP contribution in [0.1, 0.15) is 36.2 Å². The number of alkyl halides is 1. The van der Waals surface area contributed by atoms with Crippen LogP contribution in [0.3, 0.4) is 0 Å². The number of aromatic nitrogens is 2. The molecule has 0 spiro atoms. The van der Waals surface area contributed by atoms with Gasteiger partial charge in [-0.05, 0) is 41.5 Å². The lowest BCUT2D eigenvalue weighted by Gasteiger charge is -2.27. The van der Waals surface area contributed by atoms with E-state index in [0.29, 0.717) is 58.8 Å². The zero-order chi connectivity index (χ0) is 29.1. The molecule has 2 saturated heterocycles. The molecular formula is C30H31Cl2N5O4. The van der Waals surface area contributed by atoms with Crippen molar-refractivity contribution in [2.75, 3.05) is 43.6 Å². The highest BCUT2D eigenvalue weighted by Crippen LogP contribution is 2.39. The highest BCUT2D eigenvalue weighted by Gasteiger charge is 2.42. The molecule has 9 nitrogen and oxygen atoms in total. The van der Waals surface area contributed by atoms with Crippen molar-refractivity contribution in [1.29, 1.82) is 5.26 Å². The van der Waals surface area contributed by atoms with Crippen LogP contribution in [0.2, 0.25) is 5.02 Å². The van der Waals surface area contributed by atoms with E-state index in [1.54, 1.807) is 6.20 Å². The molecule has 3 aromatic rings. The molecule has 214 valence electrons. The van der Waals surface area contributed by atoms with Crippen molar-refractivity contribution in [3.63, 3.8) is 0 Å². The Bertz CT molecular complexity index is 1450. The average Bonchev–Trinajstić information content (AvgIpc) is 3.56.